The number of aliphatic hydroxyl groups is 1. The maximum atomic E-state index is 9.40. The molecular weight excluding hydrogens is 400 g/mol. The molecule has 0 saturated heterocycles. The molecule has 0 saturated carbocycles. The molecule has 3 aromatic heterocycles. The molecule has 0 atom stereocenters. The molecule has 2 aromatic carbocycles. The van der Waals surface area contributed by atoms with Gasteiger partial charge in [0.25, 0.3) is 0 Å². The van der Waals surface area contributed by atoms with Crippen LogP contribution < -0.4 is 5.73 Å². The molecule has 7 nitrogen and oxygen atoms in total. The van der Waals surface area contributed by atoms with E-state index >= 15 is 0 Å². The predicted octanol–water partition coefficient (Wildman–Crippen LogP) is 3.03. The van der Waals surface area contributed by atoms with Crippen molar-refractivity contribution in [3.8, 4) is 33.8 Å². The van der Waals surface area contributed by atoms with Crippen LogP contribution in [0.15, 0.2) is 72.9 Å². The van der Waals surface area contributed by atoms with E-state index in [-0.39, 0.29) is 6.61 Å². The first-order valence-electron chi connectivity index (χ1n) is 10.5. The Morgan fingerprint density at radius 1 is 0.844 bits per heavy atom. The second-order valence-corrected chi connectivity index (χ2v) is 7.52. The van der Waals surface area contributed by atoms with Gasteiger partial charge >= 0.3 is 0 Å². The first-order valence-corrected chi connectivity index (χ1v) is 10.5. The molecule has 5 rings (SSSR count). The molecule has 0 aliphatic rings. The van der Waals surface area contributed by atoms with Crippen LogP contribution >= 0.6 is 0 Å². The number of nitrogens with one attached hydrogen (secondary N) is 1. The van der Waals surface area contributed by atoms with Gasteiger partial charge in [-0.05, 0) is 17.7 Å². The van der Waals surface area contributed by atoms with E-state index in [1.54, 1.807) is 6.20 Å². The number of pyridine rings is 2. The van der Waals surface area contributed by atoms with Crippen molar-refractivity contribution >= 4 is 10.9 Å². The second-order valence-electron chi connectivity index (χ2n) is 7.52. The van der Waals surface area contributed by atoms with Crippen molar-refractivity contribution in [1.82, 2.24) is 25.4 Å². The van der Waals surface area contributed by atoms with Gasteiger partial charge in [0.2, 0.25) is 0 Å². The van der Waals surface area contributed by atoms with E-state index in [9.17, 15) is 5.11 Å². The summed E-state index contributed by atoms with van der Waals surface area (Å²) in [6.07, 6.45) is 2.14. The Morgan fingerprint density at radius 2 is 1.66 bits per heavy atom. The Labute approximate surface area is 185 Å². The highest BCUT2D eigenvalue weighted by Crippen LogP contribution is 2.36. The number of aliphatic hydroxyl groups excluding tert-OH is 1. The van der Waals surface area contributed by atoms with Crippen LogP contribution in [0.3, 0.4) is 0 Å². The fraction of sp³-hybridized carbons (Fsp3) is 0.120. The number of aromatic nitrogens is 5. The van der Waals surface area contributed by atoms with Crippen LogP contribution in [0, 0.1) is 0 Å². The molecule has 0 aliphatic heterocycles. The topological polar surface area (TPSA) is 115 Å². The summed E-state index contributed by atoms with van der Waals surface area (Å²) in [6.45, 7) is 0.741. The Kier molecular flexibility index (Phi) is 5.41. The molecule has 0 fully saturated rings. The van der Waals surface area contributed by atoms with Gasteiger partial charge in [-0.2, -0.15) is 15.4 Å². The molecule has 3 heterocycles. The minimum absolute atomic E-state index is 0.00869. The van der Waals surface area contributed by atoms with Gasteiger partial charge in [-0.25, -0.2) is 4.98 Å². The number of H-pyrrole nitrogens is 1. The number of quaternary nitrogens is 1. The molecule has 0 radical (unpaired) electrons. The summed E-state index contributed by atoms with van der Waals surface area (Å²) in [6, 6.07) is 22.6. The SMILES string of the molecule is [NH3+]Cc1ccc(-c2nc3ccnc(-c4n[nH]nc4CCO)c3cc2-c2ccccc2)cc1. The number of rotatable bonds is 6. The maximum absolute atomic E-state index is 9.40. The van der Waals surface area contributed by atoms with Crippen LogP contribution in [0.25, 0.3) is 44.7 Å². The first kappa shape index (κ1) is 20.0. The van der Waals surface area contributed by atoms with Crippen LogP contribution in [-0.4, -0.2) is 37.1 Å². The molecule has 158 valence electrons. The van der Waals surface area contributed by atoms with Crippen LogP contribution in [-0.2, 0) is 13.0 Å². The molecule has 0 spiro atoms. The van der Waals surface area contributed by atoms with Crippen molar-refractivity contribution in [1.29, 1.82) is 0 Å². The molecule has 32 heavy (non-hydrogen) atoms. The lowest BCUT2D eigenvalue weighted by molar-refractivity contribution is -0.386. The minimum Gasteiger partial charge on any atom is -0.396 e. The van der Waals surface area contributed by atoms with Gasteiger partial charge in [0.1, 0.15) is 11.4 Å². The van der Waals surface area contributed by atoms with Gasteiger partial charge in [-0.1, -0.05) is 54.6 Å². The van der Waals surface area contributed by atoms with Crippen molar-refractivity contribution in [3.05, 3.63) is 84.2 Å². The summed E-state index contributed by atoms with van der Waals surface area (Å²) in [5.74, 6) is 0. The normalized spacial score (nSPS) is 11.2. The van der Waals surface area contributed by atoms with Crippen molar-refractivity contribution in [2.75, 3.05) is 6.61 Å². The lowest BCUT2D eigenvalue weighted by Gasteiger charge is -2.13. The van der Waals surface area contributed by atoms with Gasteiger partial charge < -0.3 is 10.8 Å². The average molecular weight is 424 g/mol. The second kappa shape index (κ2) is 8.66. The Hall–Kier alpha value is -3.94. The van der Waals surface area contributed by atoms with Crippen molar-refractivity contribution < 1.29 is 10.8 Å². The smallest absolute Gasteiger partial charge is 0.135 e. The van der Waals surface area contributed by atoms with Crippen molar-refractivity contribution in [2.24, 2.45) is 0 Å². The number of fused-ring (bicyclic) bond motifs is 1. The van der Waals surface area contributed by atoms with E-state index in [4.69, 9.17) is 4.98 Å². The van der Waals surface area contributed by atoms with E-state index in [0.717, 1.165) is 39.8 Å². The zero-order chi connectivity index (χ0) is 21.9. The monoisotopic (exact) mass is 423 g/mol. The standard InChI is InChI=1S/C25H22N6O/c26-15-16-6-8-18(9-7-16)23-19(17-4-2-1-3-5-17)14-20-21(28-23)10-12-27-24(20)25-22(11-13-32)29-31-30-25/h1-10,12,14,32H,11,13,15,26H2,(H,29,30,31)/p+1. The Morgan fingerprint density at radius 3 is 2.41 bits per heavy atom. The van der Waals surface area contributed by atoms with Crippen molar-refractivity contribution in [3.63, 3.8) is 0 Å². The van der Waals surface area contributed by atoms with Gasteiger partial charge in [0.15, 0.2) is 0 Å². The summed E-state index contributed by atoms with van der Waals surface area (Å²) < 4.78 is 0. The summed E-state index contributed by atoms with van der Waals surface area (Å²) in [4.78, 5) is 9.66. The Balaban J connectivity index is 1.77. The van der Waals surface area contributed by atoms with E-state index < -0.39 is 0 Å². The quantitative estimate of drug-likeness (QED) is 0.388. The van der Waals surface area contributed by atoms with E-state index in [1.807, 2.05) is 24.3 Å². The van der Waals surface area contributed by atoms with Gasteiger partial charge in [0.05, 0.1) is 23.4 Å². The number of hydrogen-bond donors (Lipinski definition) is 3. The third-order valence-electron chi connectivity index (χ3n) is 5.54. The minimum atomic E-state index is -0.00869. The number of hydrogen-bond acceptors (Lipinski definition) is 5. The third-order valence-corrected chi connectivity index (χ3v) is 5.54. The number of nitrogens with zero attached hydrogens (tertiary/aromatic N) is 4. The number of benzene rings is 2. The molecule has 5 aromatic rings. The fourth-order valence-electron chi connectivity index (χ4n) is 3.89. The van der Waals surface area contributed by atoms with Crippen LogP contribution in [0.1, 0.15) is 11.3 Å². The van der Waals surface area contributed by atoms with Crippen LogP contribution in [0.2, 0.25) is 0 Å². The predicted molar refractivity (Wildman–Crippen MR) is 123 cm³/mol. The molecule has 0 aliphatic carbocycles. The molecular formula is C25H23N6O+. The zero-order valence-electron chi connectivity index (χ0n) is 17.5. The van der Waals surface area contributed by atoms with Crippen LogP contribution in [0.4, 0.5) is 0 Å². The summed E-state index contributed by atoms with van der Waals surface area (Å²) in [5, 5.41) is 21.5. The summed E-state index contributed by atoms with van der Waals surface area (Å²) >= 11 is 0. The molecule has 0 unspecified atom stereocenters. The summed E-state index contributed by atoms with van der Waals surface area (Å²) in [5.41, 5.74) is 12.0. The third kappa shape index (κ3) is 3.64. The van der Waals surface area contributed by atoms with Crippen LogP contribution in [0.5, 0.6) is 0 Å². The maximum Gasteiger partial charge on any atom is 0.135 e. The highest BCUT2D eigenvalue weighted by molar-refractivity contribution is 5.98. The lowest BCUT2D eigenvalue weighted by atomic mass is 9.96. The van der Waals surface area contributed by atoms with Crippen molar-refractivity contribution in [2.45, 2.75) is 13.0 Å². The Bertz CT molecular complexity index is 1360. The average Bonchev–Trinajstić information content (AvgIpc) is 3.32. The first-order chi connectivity index (χ1) is 15.8. The zero-order valence-corrected chi connectivity index (χ0v) is 17.5. The van der Waals surface area contributed by atoms with Gasteiger partial charge in [-0.3, -0.25) is 4.98 Å². The fourth-order valence-corrected chi connectivity index (χ4v) is 3.89. The van der Waals surface area contributed by atoms with E-state index in [0.29, 0.717) is 23.5 Å². The number of aromatic amines is 1. The van der Waals surface area contributed by atoms with E-state index in [1.165, 1.54) is 5.56 Å². The molecule has 7 heteroatoms. The van der Waals surface area contributed by atoms with Gasteiger partial charge in [0, 0.05) is 41.3 Å². The highest BCUT2D eigenvalue weighted by atomic mass is 16.3. The molecule has 5 N–H and O–H groups in total. The largest absolute Gasteiger partial charge is 0.396 e. The van der Waals surface area contributed by atoms with Gasteiger partial charge in [-0.15, -0.1) is 0 Å². The van der Waals surface area contributed by atoms with E-state index in [2.05, 4.69) is 68.6 Å². The lowest BCUT2D eigenvalue weighted by Crippen LogP contribution is -2.47. The summed E-state index contributed by atoms with van der Waals surface area (Å²) in [7, 11) is 0. The highest BCUT2D eigenvalue weighted by Gasteiger charge is 2.18. The molecule has 0 amide bonds. The molecule has 0 bridgehead atoms.